The summed E-state index contributed by atoms with van der Waals surface area (Å²) in [7, 11) is 0. The fourth-order valence-electron chi connectivity index (χ4n) is 2.30. The molecule has 1 aromatic heterocycles. The molecular weight excluding hydrogens is 198 g/mol. The highest BCUT2D eigenvalue weighted by atomic mass is 15.1. The molecule has 1 heterocycles. The summed E-state index contributed by atoms with van der Waals surface area (Å²) in [5.74, 6) is 0.797. The zero-order chi connectivity index (χ0) is 11.2. The van der Waals surface area contributed by atoms with Gasteiger partial charge in [0, 0.05) is 17.9 Å². The van der Waals surface area contributed by atoms with Gasteiger partial charge in [0.2, 0.25) is 5.95 Å². The fourth-order valence-corrected chi connectivity index (χ4v) is 2.30. The highest BCUT2D eigenvalue weighted by Gasteiger charge is 2.11. The molecule has 0 aromatic carbocycles. The molecule has 0 bridgehead atoms. The van der Waals surface area contributed by atoms with Gasteiger partial charge < -0.3 is 5.32 Å². The monoisotopic (exact) mass is 219 g/mol. The normalized spacial score (nSPS) is 18.8. The van der Waals surface area contributed by atoms with Gasteiger partial charge in [-0.1, -0.05) is 32.1 Å². The maximum atomic E-state index is 4.40. The van der Waals surface area contributed by atoms with Crippen molar-refractivity contribution in [1.29, 1.82) is 0 Å². The van der Waals surface area contributed by atoms with Crippen LogP contribution in [0.25, 0.3) is 0 Å². The van der Waals surface area contributed by atoms with Crippen LogP contribution in [0.15, 0.2) is 12.3 Å². The van der Waals surface area contributed by atoms with Gasteiger partial charge in [-0.05, 0) is 25.8 Å². The van der Waals surface area contributed by atoms with Crippen LogP contribution < -0.4 is 5.32 Å². The Morgan fingerprint density at radius 2 is 1.81 bits per heavy atom. The van der Waals surface area contributed by atoms with E-state index in [1.165, 1.54) is 44.9 Å². The summed E-state index contributed by atoms with van der Waals surface area (Å²) < 4.78 is 0. The van der Waals surface area contributed by atoms with E-state index in [4.69, 9.17) is 0 Å². The Kier molecular flexibility index (Phi) is 4.14. The molecule has 0 unspecified atom stereocenters. The smallest absolute Gasteiger partial charge is 0.223 e. The third-order valence-corrected chi connectivity index (χ3v) is 3.23. The third kappa shape index (κ3) is 3.47. The van der Waals surface area contributed by atoms with Gasteiger partial charge in [0.1, 0.15) is 0 Å². The molecule has 1 aliphatic carbocycles. The van der Waals surface area contributed by atoms with Gasteiger partial charge in [-0.3, -0.25) is 0 Å². The first-order valence-corrected chi connectivity index (χ1v) is 6.41. The lowest BCUT2D eigenvalue weighted by Crippen LogP contribution is -2.22. The Morgan fingerprint density at radius 3 is 2.50 bits per heavy atom. The zero-order valence-electron chi connectivity index (χ0n) is 10.1. The average molecular weight is 219 g/mol. The molecule has 1 saturated carbocycles. The number of aryl methyl sites for hydroxylation is 1. The summed E-state index contributed by atoms with van der Waals surface area (Å²) in [6.07, 6.45) is 11.2. The topological polar surface area (TPSA) is 37.8 Å². The van der Waals surface area contributed by atoms with Gasteiger partial charge in [0.05, 0.1) is 0 Å². The second-order valence-electron chi connectivity index (χ2n) is 4.71. The number of nitrogens with one attached hydrogen (secondary N) is 1. The number of nitrogens with zero attached hydrogens (tertiary/aromatic N) is 2. The summed E-state index contributed by atoms with van der Waals surface area (Å²) in [5.41, 5.74) is 1.03. The first-order valence-electron chi connectivity index (χ1n) is 6.41. The second-order valence-corrected chi connectivity index (χ2v) is 4.71. The van der Waals surface area contributed by atoms with Gasteiger partial charge in [-0.15, -0.1) is 0 Å². The summed E-state index contributed by atoms with van der Waals surface area (Å²) in [6.45, 7) is 2.00. The number of hydrogen-bond donors (Lipinski definition) is 1. The van der Waals surface area contributed by atoms with Crippen LogP contribution in [-0.4, -0.2) is 16.0 Å². The van der Waals surface area contributed by atoms with Crippen LogP contribution in [0.1, 0.15) is 50.6 Å². The molecule has 0 amide bonds. The van der Waals surface area contributed by atoms with Crippen LogP contribution >= 0.6 is 0 Å². The van der Waals surface area contributed by atoms with E-state index in [1.54, 1.807) is 0 Å². The predicted molar refractivity (Wildman–Crippen MR) is 66.5 cm³/mol. The summed E-state index contributed by atoms with van der Waals surface area (Å²) in [6, 6.07) is 2.51. The molecule has 3 heteroatoms. The van der Waals surface area contributed by atoms with Gasteiger partial charge in [-0.2, -0.15) is 0 Å². The van der Waals surface area contributed by atoms with Crippen molar-refractivity contribution < 1.29 is 0 Å². The Hall–Kier alpha value is -1.12. The maximum Gasteiger partial charge on any atom is 0.223 e. The van der Waals surface area contributed by atoms with E-state index in [0.29, 0.717) is 6.04 Å². The van der Waals surface area contributed by atoms with Gasteiger partial charge in [-0.25, -0.2) is 9.97 Å². The Balaban J connectivity index is 1.91. The molecular formula is C13H21N3. The van der Waals surface area contributed by atoms with Crippen LogP contribution in [0.4, 0.5) is 5.95 Å². The molecule has 1 aromatic rings. The third-order valence-electron chi connectivity index (χ3n) is 3.23. The first kappa shape index (κ1) is 11.4. The van der Waals surface area contributed by atoms with E-state index in [2.05, 4.69) is 15.3 Å². The van der Waals surface area contributed by atoms with Crippen molar-refractivity contribution in [1.82, 2.24) is 9.97 Å². The number of aromatic nitrogens is 2. The quantitative estimate of drug-likeness (QED) is 0.829. The van der Waals surface area contributed by atoms with Crippen molar-refractivity contribution in [2.24, 2.45) is 0 Å². The first-order chi connectivity index (χ1) is 7.84. The highest BCUT2D eigenvalue weighted by Crippen LogP contribution is 2.19. The molecule has 1 aliphatic rings. The SMILES string of the molecule is Cc1ccnc(NC2CCCCCCC2)n1. The minimum absolute atomic E-state index is 0.571. The molecule has 2 rings (SSSR count). The minimum Gasteiger partial charge on any atom is -0.351 e. The molecule has 0 spiro atoms. The predicted octanol–water partition coefficient (Wildman–Crippen LogP) is 3.31. The molecule has 88 valence electrons. The van der Waals surface area contributed by atoms with Crippen LogP contribution in [0.5, 0.6) is 0 Å². The molecule has 0 saturated heterocycles. The van der Waals surface area contributed by atoms with E-state index in [-0.39, 0.29) is 0 Å². The van der Waals surface area contributed by atoms with Crippen LogP contribution in [0.3, 0.4) is 0 Å². The number of hydrogen-bond acceptors (Lipinski definition) is 3. The van der Waals surface area contributed by atoms with Crippen molar-refractivity contribution >= 4 is 5.95 Å². The van der Waals surface area contributed by atoms with E-state index in [9.17, 15) is 0 Å². The van der Waals surface area contributed by atoms with E-state index in [1.807, 2.05) is 19.2 Å². The Bertz CT molecular complexity index is 317. The van der Waals surface area contributed by atoms with Crippen molar-refractivity contribution in [2.45, 2.75) is 57.9 Å². The van der Waals surface area contributed by atoms with Crippen LogP contribution in [-0.2, 0) is 0 Å². The van der Waals surface area contributed by atoms with E-state index < -0.39 is 0 Å². The Labute approximate surface area is 97.7 Å². The van der Waals surface area contributed by atoms with E-state index >= 15 is 0 Å². The van der Waals surface area contributed by atoms with E-state index in [0.717, 1.165) is 11.6 Å². The minimum atomic E-state index is 0.571. The zero-order valence-corrected chi connectivity index (χ0v) is 10.1. The molecule has 3 nitrogen and oxygen atoms in total. The maximum absolute atomic E-state index is 4.40. The van der Waals surface area contributed by atoms with Crippen LogP contribution in [0, 0.1) is 6.92 Å². The van der Waals surface area contributed by atoms with Gasteiger partial charge >= 0.3 is 0 Å². The molecule has 0 radical (unpaired) electrons. The summed E-state index contributed by atoms with van der Waals surface area (Å²) in [5, 5.41) is 3.47. The molecule has 0 aliphatic heterocycles. The van der Waals surface area contributed by atoms with Crippen molar-refractivity contribution in [3.05, 3.63) is 18.0 Å². The van der Waals surface area contributed by atoms with Crippen molar-refractivity contribution in [3.63, 3.8) is 0 Å². The van der Waals surface area contributed by atoms with Crippen molar-refractivity contribution in [3.8, 4) is 0 Å². The highest BCUT2D eigenvalue weighted by molar-refractivity contribution is 5.26. The van der Waals surface area contributed by atoms with Gasteiger partial charge in [0.15, 0.2) is 0 Å². The number of rotatable bonds is 2. The largest absolute Gasteiger partial charge is 0.351 e. The average Bonchev–Trinajstić information content (AvgIpc) is 2.22. The lowest BCUT2D eigenvalue weighted by Gasteiger charge is -2.20. The lowest BCUT2D eigenvalue weighted by atomic mass is 9.97. The molecule has 1 N–H and O–H groups in total. The Morgan fingerprint density at radius 1 is 1.12 bits per heavy atom. The lowest BCUT2D eigenvalue weighted by molar-refractivity contribution is 0.470. The molecule has 1 fully saturated rings. The fraction of sp³-hybridized carbons (Fsp3) is 0.692. The molecule has 0 atom stereocenters. The van der Waals surface area contributed by atoms with Gasteiger partial charge in [0.25, 0.3) is 0 Å². The summed E-state index contributed by atoms with van der Waals surface area (Å²) >= 11 is 0. The number of anilines is 1. The summed E-state index contributed by atoms with van der Waals surface area (Å²) in [4.78, 5) is 8.66. The second kappa shape index (κ2) is 5.83. The standard InChI is InChI=1S/C13H21N3/c1-11-9-10-14-13(15-11)16-12-7-5-3-2-4-6-8-12/h9-10,12H,2-8H2,1H3,(H,14,15,16). The molecule has 16 heavy (non-hydrogen) atoms. The van der Waals surface area contributed by atoms with Crippen molar-refractivity contribution in [2.75, 3.05) is 5.32 Å². The van der Waals surface area contributed by atoms with Crippen LogP contribution in [0.2, 0.25) is 0 Å².